The Labute approximate surface area is 184 Å². The van der Waals surface area contributed by atoms with Crippen molar-refractivity contribution in [1.82, 2.24) is 9.80 Å². The van der Waals surface area contributed by atoms with Crippen molar-refractivity contribution in [1.29, 1.82) is 0 Å². The number of ether oxygens (including phenoxy) is 2. The fraction of sp³-hybridized carbons (Fsp3) is 0.909. The molecule has 2 aliphatic carbocycles. The first-order valence-electron chi connectivity index (χ1n) is 11.2. The Morgan fingerprint density at radius 3 is 1.90 bits per heavy atom. The van der Waals surface area contributed by atoms with Crippen LogP contribution in [-0.4, -0.2) is 84.8 Å². The Kier molecular flexibility index (Phi) is 8.02. The van der Waals surface area contributed by atoms with Gasteiger partial charge in [-0.2, -0.15) is 0 Å². The normalized spacial score (nSPS) is 40.3. The molecule has 0 radical (unpaired) electrons. The Morgan fingerprint density at radius 1 is 0.867 bits per heavy atom. The molecule has 30 heavy (non-hydrogen) atoms. The summed E-state index contributed by atoms with van der Waals surface area (Å²) >= 11 is 6.52. The van der Waals surface area contributed by atoms with E-state index in [0.29, 0.717) is 32.4 Å². The first-order valence-corrected chi connectivity index (χ1v) is 11.6. The highest BCUT2D eigenvalue weighted by atomic mass is 35.5. The van der Waals surface area contributed by atoms with E-state index in [-0.39, 0.29) is 53.8 Å². The van der Waals surface area contributed by atoms with Crippen LogP contribution in [0.15, 0.2) is 0 Å². The van der Waals surface area contributed by atoms with Crippen LogP contribution in [0.5, 0.6) is 0 Å². The average molecular weight is 447 g/mol. The Bertz CT molecular complexity index is 612. The zero-order chi connectivity index (χ0) is 22.0. The standard InChI is InChI=1S/C22H36ClFN2O4/c1-13-11-25(21(27)17-7-5-15(29-3)9-19(17)23)12-14(2)26(13)22(28)18-8-6-16(30-4)10-20(18)24/h13-20H,5-12H2,1-4H3/t13-,14-,15?,16?,17?,18?,19?,20?/m1/s1. The van der Waals surface area contributed by atoms with Gasteiger partial charge in [-0.15, -0.1) is 11.6 Å². The second kappa shape index (κ2) is 10.1. The van der Waals surface area contributed by atoms with Crippen LogP contribution in [0.25, 0.3) is 0 Å². The molecule has 2 saturated carbocycles. The van der Waals surface area contributed by atoms with Gasteiger partial charge in [0.15, 0.2) is 0 Å². The molecular weight excluding hydrogens is 411 g/mol. The predicted octanol–water partition coefficient (Wildman–Crippen LogP) is 3.01. The molecule has 0 aromatic rings. The molecule has 6 unspecified atom stereocenters. The van der Waals surface area contributed by atoms with Gasteiger partial charge in [-0.1, -0.05) is 0 Å². The van der Waals surface area contributed by atoms with Crippen molar-refractivity contribution in [3.63, 3.8) is 0 Å². The Morgan fingerprint density at radius 2 is 1.40 bits per heavy atom. The minimum Gasteiger partial charge on any atom is -0.381 e. The van der Waals surface area contributed by atoms with Crippen molar-refractivity contribution in [3.8, 4) is 0 Å². The molecule has 8 atom stereocenters. The fourth-order valence-electron chi connectivity index (χ4n) is 5.51. The van der Waals surface area contributed by atoms with Crippen molar-refractivity contribution in [2.24, 2.45) is 11.8 Å². The van der Waals surface area contributed by atoms with Gasteiger partial charge in [-0.3, -0.25) is 9.59 Å². The molecule has 8 heteroatoms. The largest absolute Gasteiger partial charge is 0.381 e. The molecule has 1 aliphatic heterocycles. The second-order valence-electron chi connectivity index (χ2n) is 9.27. The molecule has 6 nitrogen and oxygen atoms in total. The van der Waals surface area contributed by atoms with Gasteiger partial charge in [0.2, 0.25) is 11.8 Å². The number of alkyl halides is 2. The third-order valence-corrected chi connectivity index (χ3v) is 7.72. The first-order chi connectivity index (χ1) is 14.3. The number of hydrogen-bond donors (Lipinski definition) is 0. The molecule has 2 amide bonds. The molecule has 0 aromatic carbocycles. The van der Waals surface area contributed by atoms with E-state index < -0.39 is 12.1 Å². The molecule has 3 fully saturated rings. The molecule has 0 bridgehead atoms. The molecular formula is C22H36ClFN2O4. The lowest BCUT2D eigenvalue weighted by molar-refractivity contribution is -0.154. The number of rotatable bonds is 4. The number of piperazine rings is 1. The summed E-state index contributed by atoms with van der Waals surface area (Å²) in [6.45, 7) is 4.82. The van der Waals surface area contributed by atoms with Gasteiger partial charge in [0.05, 0.1) is 24.0 Å². The zero-order valence-corrected chi connectivity index (χ0v) is 19.3. The average Bonchev–Trinajstić information content (AvgIpc) is 2.72. The van der Waals surface area contributed by atoms with Gasteiger partial charge in [-0.05, 0) is 46.0 Å². The molecule has 3 aliphatic rings. The molecule has 1 saturated heterocycles. The van der Waals surface area contributed by atoms with Crippen LogP contribution in [0.3, 0.4) is 0 Å². The summed E-state index contributed by atoms with van der Waals surface area (Å²) in [6.07, 6.45) is 2.56. The summed E-state index contributed by atoms with van der Waals surface area (Å²) < 4.78 is 25.3. The fourth-order valence-corrected chi connectivity index (χ4v) is 5.94. The highest BCUT2D eigenvalue weighted by molar-refractivity contribution is 6.22. The van der Waals surface area contributed by atoms with Crippen LogP contribution in [0.2, 0.25) is 0 Å². The number of carbonyl (C=O) groups excluding carboxylic acids is 2. The predicted molar refractivity (Wildman–Crippen MR) is 113 cm³/mol. The number of hydrogen-bond acceptors (Lipinski definition) is 4. The topological polar surface area (TPSA) is 59.1 Å². The van der Waals surface area contributed by atoms with E-state index in [0.717, 1.165) is 12.8 Å². The van der Waals surface area contributed by atoms with E-state index in [1.807, 2.05) is 18.7 Å². The van der Waals surface area contributed by atoms with Crippen LogP contribution in [-0.2, 0) is 19.1 Å². The van der Waals surface area contributed by atoms with Crippen molar-refractivity contribution in [2.75, 3.05) is 27.3 Å². The highest BCUT2D eigenvalue weighted by Gasteiger charge is 2.44. The van der Waals surface area contributed by atoms with E-state index in [9.17, 15) is 14.0 Å². The third-order valence-electron chi connectivity index (χ3n) is 7.23. The molecule has 0 N–H and O–H groups in total. The van der Waals surface area contributed by atoms with Gasteiger partial charge < -0.3 is 19.3 Å². The summed E-state index contributed by atoms with van der Waals surface area (Å²) in [5.41, 5.74) is 0. The minimum absolute atomic E-state index is 0.0688. The summed E-state index contributed by atoms with van der Waals surface area (Å²) in [5.74, 6) is -0.876. The van der Waals surface area contributed by atoms with Gasteiger partial charge in [-0.25, -0.2) is 4.39 Å². The smallest absolute Gasteiger partial charge is 0.229 e. The SMILES string of the molecule is COC1CCC(C(=O)N2[C@H](C)CN(C(=O)C3CCC(OC)CC3Cl)C[C@H]2C)C(F)C1. The first kappa shape index (κ1) is 23.7. The Hall–Kier alpha value is -0.920. The van der Waals surface area contributed by atoms with Crippen molar-refractivity contribution < 1.29 is 23.5 Å². The van der Waals surface area contributed by atoms with E-state index in [1.165, 1.54) is 0 Å². The number of carbonyl (C=O) groups is 2. The van der Waals surface area contributed by atoms with Crippen molar-refractivity contribution >= 4 is 23.4 Å². The van der Waals surface area contributed by atoms with E-state index in [4.69, 9.17) is 21.1 Å². The second-order valence-corrected chi connectivity index (χ2v) is 9.83. The van der Waals surface area contributed by atoms with Crippen LogP contribution in [0.1, 0.15) is 52.4 Å². The van der Waals surface area contributed by atoms with Gasteiger partial charge in [0.25, 0.3) is 0 Å². The Balaban J connectivity index is 1.61. The number of methoxy groups -OCH3 is 2. The lowest BCUT2D eigenvalue weighted by Crippen LogP contribution is -2.62. The van der Waals surface area contributed by atoms with Gasteiger partial charge >= 0.3 is 0 Å². The lowest BCUT2D eigenvalue weighted by atomic mass is 9.83. The van der Waals surface area contributed by atoms with Crippen LogP contribution in [0.4, 0.5) is 4.39 Å². The van der Waals surface area contributed by atoms with Gasteiger partial charge in [0.1, 0.15) is 6.17 Å². The summed E-state index contributed by atoms with van der Waals surface area (Å²) in [6, 6.07) is -0.303. The molecule has 3 rings (SSSR count). The maximum atomic E-state index is 14.7. The van der Waals surface area contributed by atoms with Crippen LogP contribution < -0.4 is 0 Å². The van der Waals surface area contributed by atoms with Crippen molar-refractivity contribution in [3.05, 3.63) is 0 Å². The lowest BCUT2D eigenvalue weighted by Gasteiger charge is -2.47. The zero-order valence-electron chi connectivity index (χ0n) is 18.6. The summed E-state index contributed by atoms with van der Waals surface area (Å²) in [7, 11) is 3.27. The molecule has 1 heterocycles. The van der Waals surface area contributed by atoms with Crippen molar-refractivity contribution in [2.45, 2.75) is 88.2 Å². The highest BCUT2D eigenvalue weighted by Crippen LogP contribution is 2.34. The number of nitrogens with zero attached hydrogens (tertiary/aromatic N) is 2. The molecule has 0 aromatic heterocycles. The molecule has 172 valence electrons. The number of halogens is 2. The quantitative estimate of drug-likeness (QED) is 0.623. The van der Waals surface area contributed by atoms with E-state index in [1.54, 1.807) is 19.1 Å². The van der Waals surface area contributed by atoms with Crippen LogP contribution >= 0.6 is 11.6 Å². The van der Waals surface area contributed by atoms with E-state index >= 15 is 0 Å². The van der Waals surface area contributed by atoms with Crippen LogP contribution in [0, 0.1) is 11.8 Å². The number of amides is 2. The maximum absolute atomic E-state index is 14.7. The third kappa shape index (κ3) is 4.94. The maximum Gasteiger partial charge on any atom is 0.229 e. The monoisotopic (exact) mass is 446 g/mol. The minimum atomic E-state index is -1.18. The van der Waals surface area contributed by atoms with Gasteiger partial charge in [0, 0.05) is 51.2 Å². The summed E-state index contributed by atoms with van der Waals surface area (Å²) in [4.78, 5) is 30.0. The molecule has 0 spiro atoms. The summed E-state index contributed by atoms with van der Waals surface area (Å²) in [5, 5.41) is -0.232. The van der Waals surface area contributed by atoms with E-state index in [2.05, 4.69) is 0 Å².